The second-order valence-electron chi connectivity index (χ2n) is 5.14. The second kappa shape index (κ2) is 7.64. The van der Waals surface area contributed by atoms with E-state index in [2.05, 4.69) is 0 Å². The maximum atomic E-state index is 12.4. The van der Waals surface area contributed by atoms with Crippen molar-refractivity contribution < 1.29 is 19.1 Å². The van der Waals surface area contributed by atoms with E-state index in [9.17, 15) is 9.59 Å². The molecule has 118 valence electrons. The van der Waals surface area contributed by atoms with Crippen LogP contribution in [0.3, 0.4) is 0 Å². The van der Waals surface area contributed by atoms with E-state index >= 15 is 0 Å². The Morgan fingerprint density at radius 1 is 1.23 bits per heavy atom. The average Bonchev–Trinajstić information content (AvgIpc) is 2.59. The number of esters is 1. The molecule has 1 saturated heterocycles. The van der Waals surface area contributed by atoms with Crippen LogP contribution in [0.5, 0.6) is 5.75 Å². The highest BCUT2D eigenvalue weighted by atomic mass is 16.5. The molecule has 0 aliphatic carbocycles. The number of amides is 1. The Morgan fingerprint density at radius 3 is 2.73 bits per heavy atom. The molecule has 0 bridgehead atoms. The van der Waals surface area contributed by atoms with Gasteiger partial charge in [-0.1, -0.05) is 18.2 Å². The molecule has 0 radical (unpaired) electrons. The molecule has 5 heteroatoms. The van der Waals surface area contributed by atoms with Gasteiger partial charge in [0.05, 0.1) is 14.2 Å². The molecule has 1 heterocycles. The fourth-order valence-corrected chi connectivity index (χ4v) is 2.64. The Kier molecular flexibility index (Phi) is 5.58. The highest BCUT2D eigenvalue weighted by Gasteiger charge is 2.31. The lowest BCUT2D eigenvalue weighted by Crippen LogP contribution is -2.47. The number of benzene rings is 1. The highest BCUT2D eigenvalue weighted by Crippen LogP contribution is 2.21. The van der Waals surface area contributed by atoms with Crippen LogP contribution < -0.4 is 4.74 Å². The maximum absolute atomic E-state index is 12.4. The van der Waals surface area contributed by atoms with E-state index in [-0.39, 0.29) is 11.9 Å². The van der Waals surface area contributed by atoms with Gasteiger partial charge >= 0.3 is 5.97 Å². The van der Waals surface area contributed by atoms with Crippen molar-refractivity contribution in [3.8, 4) is 5.75 Å². The Labute approximate surface area is 130 Å². The van der Waals surface area contributed by atoms with E-state index < -0.39 is 6.04 Å². The summed E-state index contributed by atoms with van der Waals surface area (Å²) in [5.74, 6) is 0.175. The van der Waals surface area contributed by atoms with Gasteiger partial charge in [-0.05, 0) is 31.4 Å². The van der Waals surface area contributed by atoms with Gasteiger partial charge in [0.25, 0.3) is 0 Å². The van der Waals surface area contributed by atoms with E-state index in [1.807, 2.05) is 24.3 Å². The molecule has 5 nitrogen and oxygen atoms in total. The summed E-state index contributed by atoms with van der Waals surface area (Å²) in [6, 6.07) is 6.98. The topological polar surface area (TPSA) is 55.8 Å². The van der Waals surface area contributed by atoms with Gasteiger partial charge in [-0.3, -0.25) is 4.79 Å². The second-order valence-corrected chi connectivity index (χ2v) is 5.14. The summed E-state index contributed by atoms with van der Waals surface area (Å²) in [5.41, 5.74) is 0.824. The number of hydrogen-bond acceptors (Lipinski definition) is 4. The maximum Gasteiger partial charge on any atom is 0.328 e. The molecule has 1 fully saturated rings. The first-order valence-corrected chi connectivity index (χ1v) is 7.37. The van der Waals surface area contributed by atoms with E-state index in [0.717, 1.165) is 18.4 Å². The van der Waals surface area contributed by atoms with Crippen LogP contribution in [-0.2, 0) is 14.3 Å². The zero-order valence-electron chi connectivity index (χ0n) is 13.0. The Balaban J connectivity index is 2.12. The predicted molar refractivity (Wildman–Crippen MR) is 83.4 cm³/mol. The van der Waals surface area contributed by atoms with Crippen molar-refractivity contribution in [3.05, 3.63) is 35.9 Å². The van der Waals surface area contributed by atoms with Crippen molar-refractivity contribution in [2.45, 2.75) is 25.3 Å². The summed E-state index contributed by atoms with van der Waals surface area (Å²) in [4.78, 5) is 25.8. The molecule has 1 aliphatic heterocycles. The lowest BCUT2D eigenvalue weighted by Gasteiger charge is -2.32. The summed E-state index contributed by atoms with van der Waals surface area (Å²) in [5, 5.41) is 0. The summed E-state index contributed by atoms with van der Waals surface area (Å²) in [7, 11) is 2.94. The van der Waals surface area contributed by atoms with Crippen LogP contribution in [0.1, 0.15) is 24.8 Å². The van der Waals surface area contributed by atoms with E-state index in [1.165, 1.54) is 13.2 Å². The van der Waals surface area contributed by atoms with Gasteiger partial charge in [-0.15, -0.1) is 0 Å². The molecule has 1 aliphatic rings. The van der Waals surface area contributed by atoms with Crippen LogP contribution in [0.15, 0.2) is 30.3 Å². The minimum atomic E-state index is -0.478. The molecule has 1 unspecified atom stereocenters. The van der Waals surface area contributed by atoms with Gasteiger partial charge in [0.1, 0.15) is 11.8 Å². The van der Waals surface area contributed by atoms with Gasteiger partial charge in [0, 0.05) is 18.2 Å². The number of carbonyl (C=O) groups excluding carboxylic acids is 2. The van der Waals surface area contributed by atoms with Crippen molar-refractivity contribution in [1.29, 1.82) is 0 Å². The van der Waals surface area contributed by atoms with Crippen LogP contribution in [0.4, 0.5) is 0 Å². The lowest BCUT2D eigenvalue weighted by atomic mass is 10.0. The number of nitrogens with zero attached hydrogens (tertiary/aromatic N) is 1. The van der Waals surface area contributed by atoms with Gasteiger partial charge < -0.3 is 14.4 Å². The third-order valence-electron chi connectivity index (χ3n) is 3.80. The molecular weight excluding hydrogens is 282 g/mol. The number of likely N-dealkylation sites (tertiary alicyclic amines) is 1. The fourth-order valence-electron chi connectivity index (χ4n) is 2.64. The highest BCUT2D eigenvalue weighted by molar-refractivity contribution is 5.95. The predicted octanol–water partition coefficient (Wildman–Crippen LogP) is 2.26. The first-order valence-electron chi connectivity index (χ1n) is 7.37. The standard InChI is InChI=1S/C17H21NO4/c1-21-15-9-4-3-7-13(15)10-11-16(19)18-12-6-5-8-14(18)17(20)22-2/h3-4,7,9-11,14H,5-6,8,12H2,1-2H3. The van der Waals surface area contributed by atoms with Crippen LogP contribution in [0.2, 0.25) is 0 Å². The lowest BCUT2D eigenvalue weighted by molar-refractivity contribution is -0.153. The Morgan fingerprint density at radius 2 is 2.00 bits per heavy atom. The van der Waals surface area contributed by atoms with Crippen molar-refractivity contribution in [1.82, 2.24) is 4.90 Å². The largest absolute Gasteiger partial charge is 0.496 e. The van der Waals surface area contributed by atoms with Crippen molar-refractivity contribution >= 4 is 18.0 Å². The summed E-state index contributed by atoms with van der Waals surface area (Å²) in [6.07, 6.45) is 5.69. The monoisotopic (exact) mass is 303 g/mol. The molecule has 1 aromatic rings. The van der Waals surface area contributed by atoms with Gasteiger partial charge in [0.2, 0.25) is 5.91 Å². The molecule has 22 heavy (non-hydrogen) atoms. The first-order chi connectivity index (χ1) is 10.7. The smallest absolute Gasteiger partial charge is 0.328 e. The molecule has 1 amide bonds. The van der Waals surface area contributed by atoms with E-state index in [1.54, 1.807) is 18.1 Å². The molecule has 0 saturated carbocycles. The number of rotatable bonds is 4. The molecule has 1 aromatic carbocycles. The fraction of sp³-hybridized carbons (Fsp3) is 0.412. The molecule has 2 rings (SSSR count). The normalized spacial score (nSPS) is 18.3. The zero-order valence-corrected chi connectivity index (χ0v) is 13.0. The van der Waals surface area contributed by atoms with Gasteiger partial charge in [0.15, 0.2) is 0 Å². The molecule has 1 atom stereocenters. The third-order valence-corrected chi connectivity index (χ3v) is 3.80. The number of piperidine rings is 1. The first kappa shape index (κ1) is 16.1. The number of hydrogen-bond donors (Lipinski definition) is 0. The van der Waals surface area contributed by atoms with E-state index in [0.29, 0.717) is 18.7 Å². The van der Waals surface area contributed by atoms with Gasteiger partial charge in [-0.25, -0.2) is 4.79 Å². The minimum absolute atomic E-state index is 0.180. The van der Waals surface area contributed by atoms with Crippen LogP contribution in [0.25, 0.3) is 6.08 Å². The minimum Gasteiger partial charge on any atom is -0.496 e. The average molecular weight is 303 g/mol. The van der Waals surface area contributed by atoms with Gasteiger partial charge in [-0.2, -0.15) is 0 Å². The number of ether oxygens (including phenoxy) is 2. The summed E-state index contributed by atoms with van der Waals surface area (Å²) < 4.78 is 10.0. The quantitative estimate of drug-likeness (QED) is 0.632. The van der Waals surface area contributed by atoms with E-state index in [4.69, 9.17) is 9.47 Å². The summed E-state index contributed by atoms with van der Waals surface area (Å²) >= 11 is 0. The van der Waals surface area contributed by atoms with Crippen LogP contribution in [0, 0.1) is 0 Å². The van der Waals surface area contributed by atoms with Crippen LogP contribution in [-0.4, -0.2) is 43.6 Å². The SMILES string of the molecule is COC(=O)C1CCCCN1C(=O)C=Cc1ccccc1OC. The van der Waals surface area contributed by atoms with Crippen LogP contribution >= 0.6 is 0 Å². The Bertz CT molecular complexity index is 568. The zero-order chi connectivity index (χ0) is 15.9. The molecule has 0 aromatic heterocycles. The van der Waals surface area contributed by atoms with Crippen molar-refractivity contribution in [2.75, 3.05) is 20.8 Å². The number of para-hydroxylation sites is 1. The summed E-state index contributed by atoms with van der Waals surface area (Å²) in [6.45, 7) is 0.578. The molecule has 0 N–H and O–H groups in total. The number of carbonyl (C=O) groups is 2. The molecular formula is C17H21NO4. The van der Waals surface area contributed by atoms with Crippen molar-refractivity contribution in [2.24, 2.45) is 0 Å². The van der Waals surface area contributed by atoms with Crippen molar-refractivity contribution in [3.63, 3.8) is 0 Å². The Hall–Kier alpha value is -2.30. The third kappa shape index (κ3) is 3.67. The molecule has 0 spiro atoms. The number of methoxy groups -OCH3 is 2.